The van der Waals surface area contributed by atoms with Crippen molar-refractivity contribution >= 4 is 7.60 Å². The summed E-state index contributed by atoms with van der Waals surface area (Å²) in [4.78, 5) is 9.64. The Bertz CT molecular complexity index is 431. The van der Waals surface area contributed by atoms with Crippen LogP contribution in [0.2, 0.25) is 0 Å². The molecule has 0 spiro atoms. The lowest BCUT2D eigenvalue weighted by Crippen LogP contribution is -1.97. The molecule has 2 N–H and O–H groups in total. The second kappa shape index (κ2) is 6.37. The van der Waals surface area contributed by atoms with E-state index in [1.54, 1.807) is 19.1 Å². The Morgan fingerprint density at radius 1 is 1.17 bits per heavy atom. The van der Waals surface area contributed by atoms with Crippen LogP contribution in [0.25, 0.3) is 0 Å². The van der Waals surface area contributed by atoms with Crippen LogP contribution in [0.5, 0.6) is 5.75 Å². The van der Waals surface area contributed by atoms with Gasteiger partial charge in [-0.25, -0.2) is 0 Å². The Labute approximate surface area is 108 Å². The van der Waals surface area contributed by atoms with E-state index in [1.807, 2.05) is 13.8 Å². The summed E-state index contributed by atoms with van der Waals surface area (Å²) in [6.07, 6.45) is 1.37. The average Bonchev–Trinajstić information content (AvgIpc) is 2.30. The fourth-order valence-corrected chi connectivity index (χ4v) is 3.08. The minimum absolute atomic E-state index is 0.0128. The molecule has 0 fully saturated rings. The zero-order valence-corrected chi connectivity index (χ0v) is 12.0. The van der Waals surface area contributed by atoms with E-state index in [1.165, 1.54) is 0 Å². The van der Waals surface area contributed by atoms with Gasteiger partial charge in [-0.2, -0.15) is 0 Å². The summed E-state index contributed by atoms with van der Waals surface area (Å²) in [5, 5.41) is 9.95. The molecule has 0 bridgehead atoms. The van der Waals surface area contributed by atoms with Crippen LogP contribution in [-0.2, 0) is 28.1 Å². The Balaban J connectivity index is 3.07. The van der Waals surface area contributed by atoms with Crippen LogP contribution in [0, 0.1) is 0 Å². The van der Waals surface area contributed by atoms with Crippen LogP contribution < -0.4 is 0 Å². The molecular formula is C13H21O4P. The molecule has 0 heterocycles. The Morgan fingerprint density at radius 2 is 1.67 bits per heavy atom. The number of hydrogen-bond donors (Lipinski definition) is 2. The molecule has 102 valence electrons. The number of phenolic OH excluding ortho intramolecular Hbond substituents is 1. The summed E-state index contributed by atoms with van der Waals surface area (Å²) >= 11 is 0. The lowest BCUT2D eigenvalue weighted by molar-refractivity contribution is 0.272. The molecule has 0 aromatic heterocycles. The van der Waals surface area contributed by atoms with E-state index in [-0.39, 0.29) is 12.8 Å². The van der Waals surface area contributed by atoms with E-state index in [0.29, 0.717) is 18.6 Å². The highest BCUT2D eigenvalue weighted by molar-refractivity contribution is 7.51. The van der Waals surface area contributed by atoms with E-state index in [4.69, 9.17) is 4.52 Å². The molecule has 1 unspecified atom stereocenters. The lowest BCUT2D eigenvalue weighted by Gasteiger charge is -2.14. The number of rotatable bonds is 6. The van der Waals surface area contributed by atoms with Crippen LogP contribution in [0.3, 0.4) is 0 Å². The molecule has 1 aromatic rings. The predicted molar refractivity (Wildman–Crippen MR) is 72.0 cm³/mol. The maximum atomic E-state index is 11.7. The molecule has 1 aromatic carbocycles. The van der Waals surface area contributed by atoms with Gasteiger partial charge in [0.15, 0.2) is 0 Å². The zero-order chi connectivity index (χ0) is 13.8. The highest BCUT2D eigenvalue weighted by Gasteiger charge is 2.20. The van der Waals surface area contributed by atoms with Crippen LogP contribution in [0.15, 0.2) is 12.1 Å². The van der Waals surface area contributed by atoms with Gasteiger partial charge in [-0.05, 0) is 36.5 Å². The molecule has 0 aliphatic carbocycles. The van der Waals surface area contributed by atoms with Crippen LogP contribution >= 0.6 is 7.60 Å². The molecule has 1 atom stereocenters. The molecule has 4 nitrogen and oxygen atoms in total. The van der Waals surface area contributed by atoms with Crippen molar-refractivity contribution in [2.45, 2.75) is 39.8 Å². The lowest BCUT2D eigenvalue weighted by atomic mass is 10.0. The second-order valence-corrected chi connectivity index (χ2v) is 6.03. The summed E-state index contributed by atoms with van der Waals surface area (Å²) in [6, 6.07) is 3.55. The molecular weight excluding hydrogens is 251 g/mol. The quantitative estimate of drug-likeness (QED) is 0.780. The molecule has 0 aliphatic rings. The number of phenols is 1. The highest BCUT2D eigenvalue weighted by Crippen LogP contribution is 2.46. The first-order valence-electron chi connectivity index (χ1n) is 6.23. The molecule has 5 heteroatoms. The summed E-state index contributed by atoms with van der Waals surface area (Å²) in [7, 11) is -3.57. The third-order valence-corrected chi connectivity index (χ3v) is 4.23. The van der Waals surface area contributed by atoms with Crippen LogP contribution in [0.1, 0.15) is 37.5 Å². The van der Waals surface area contributed by atoms with E-state index in [2.05, 4.69) is 0 Å². The standard InChI is InChI=1S/C13H21O4P/c1-4-11-7-10(8-12(5-2)13(11)14)9-18(15,16)17-6-3/h7-8,14H,4-6,9H2,1-3H3,(H,15,16). The van der Waals surface area contributed by atoms with Crippen LogP contribution in [0.4, 0.5) is 0 Å². The number of hydrogen-bond acceptors (Lipinski definition) is 3. The molecule has 1 rings (SSSR count). The van der Waals surface area contributed by atoms with E-state index in [0.717, 1.165) is 16.7 Å². The van der Waals surface area contributed by atoms with Gasteiger partial charge in [0, 0.05) is 0 Å². The first-order chi connectivity index (χ1) is 8.43. The van der Waals surface area contributed by atoms with Gasteiger partial charge in [-0.1, -0.05) is 26.0 Å². The summed E-state index contributed by atoms with van der Waals surface area (Å²) in [5.74, 6) is 0.299. The van der Waals surface area contributed by atoms with Crippen molar-refractivity contribution in [2.24, 2.45) is 0 Å². The molecule has 18 heavy (non-hydrogen) atoms. The first kappa shape index (κ1) is 15.2. The maximum Gasteiger partial charge on any atom is 0.332 e. The predicted octanol–water partition coefficient (Wildman–Crippen LogP) is 3.24. The van der Waals surface area contributed by atoms with Crippen molar-refractivity contribution in [1.82, 2.24) is 0 Å². The second-order valence-electron chi connectivity index (χ2n) is 4.18. The van der Waals surface area contributed by atoms with Crippen molar-refractivity contribution in [1.29, 1.82) is 0 Å². The fourth-order valence-electron chi connectivity index (χ4n) is 1.94. The number of aromatic hydroxyl groups is 1. The van der Waals surface area contributed by atoms with Crippen molar-refractivity contribution in [2.75, 3.05) is 6.61 Å². The van der Waals surface area contributed by atoms with Crippen molar-refractivity contribution in [3.63, 3.8) is 0 Å². The molecule has 0 aliphatic heterocycles. The smallest absolute Gasteiger partial charge is 0.332 e. The van der Waals surface area contributed by atoms with Gasteiger partial charge in [-0.15, -0.1) is 0 Å². The SMILES string of the molecule is CCOP(=O)(O)Cc1cc(CC)c(O)c(CC)c1. The Morgan fingerprint density at radius 3 is 2.06 bits per heavy atom. The molecule has 0 saturated carbocycles. The van der Waals surface area contributed by atoms with Gasteiger partial charge in [-0.3, -0.25) is 4.57 Å². The summed E-state index contributed by atoms with van der Waals surface area (Å²) < 4.78 is 16.6. The first-order valence-corrected chi connectivity index (χ1v) is 7.99. The van der Waals surface area contributed by atoms with Crippen molar-refractivity contribution in [3.8, 4) is 5.75 Å². The molecule has 0 amide bonds. The largest absolute Gasteiger partial charge is 0.507 e. The minimum Gasteiger partial charge on any atom is -0.507 e. The van der Waals surface area contributed by atoms with Crippen LogP contribution in [-0.4, -0.2) is 16.6 Å². The third kappa shape index (κ3) is 3.84. The van der Waals surface area contributed by atoms with Crippen molar-refractivity contribution in [3.05, 3.63) is 28.8 Å². The van der Waals surface area contributed by atoms with E-state index in [9.17, 15) is 14.6 Å². The monoisotopic (exact) mass is 272 g/mol. The van der Waals surface area contributed by atoms with Gasteiger partial charge >= 0.3 is 7.60 Å². The number of benzene rings is 1. The van der Waals surface area contributed by atoms with E-state index >= 15 is 0 Å². The summed E-state index contributed by atoms with van der Waals surface area (Å²) in [5.41, 5.74) is 2.35. The van der Waals surface area contributed by atoms with Gasteiger partial charge in [0.25, 0.3) is 0 Å². The molecule has 0 saturated heterocycles. The van der Waals surface area contributed by atoms with E-state index < -0.39 is 7.60 Å². The maximum absolute atomic E-state index is 11.7. The Hall–Kier alpha value is -0.830. The van der Waals surface area contributed by atoms with Gasteiger partial charge in [0.05, 0.1) is 12.8 Å². The zero-order valence-electron chi connectivity index (χ0n) is 11.1. The summed E-state index contributed by atoms with van der Waals surface area (Å²) in [6.45, 7) is 5.79. The van der Waals surface area contributed by atoms with Gasteiger partial charge in [0.1, 0.15) is 5.75 Å². The average molecular weight is 272 g/mol. The fraction of sp³-hybridized carbons (Fsp3) is 0.538. The van der Waals surface area contributed by atoms with Gasteiger partial charge < -0.3 is 14.5 Å². The highest BCUT2D eigenvalue weighted by atomic mass is 31.2. The minimum atomic E-state index is -3.57. The topological polar surface area (TPSA) is 66.8 Å². The number of aryl methyl sites for hydroxylation is 2. The van der Waals surface area contributed by atoms with Crippen molar-refractivity contribution < 1.29 is 19.1 Å². The third-order valence-electron chi connectivity index (χ3n) is 2.80. The molecule has 0 radical (unpaired) electrons. The normalized spacial score (nSPS) is 14.4. The Kier molecular flexibility index (Phi) is 5.39. The van der Waals surface area contributed by atoms with Gasteiger partial charge in [0.2, 0.25) is 0 Å².